The van der Waals surface area contributed by atoms with Crippen molar-refractivity contribution in [3.8, 4) is 12.3 Å². The van der Waals surface area contributed by atoms with E-state index in [-0.39, 0.29) is 17.9 Å². The molecule has 0 aromatic heterocycles. The van der Waals surface area contributed by atoms with Crippen molar-refractivity contribution in [2.75, 3.05) is 54.0 Å². The van der Waals surface area contributed by atoms with Gasteiger partial charge in [0.25, 0.3) is 5.91 Å². The lowest BCUT2D eigenvalue weighted by Crippen LogP contribution is -2.33. The predicted molar refractivity (Wildman–Crippen MR) is 252 cm³/mol. The number of benzene rings is 1. The third-order valence-electron chi connectivity index (χ3n) is 9.55. The van der Waals surface area contributed by atoms with Gasteiger partial charge >= 0.3 is 0 Å². The quantitative estimate of drug-likeness (QED) is 0.0478. The van der Waals surface area contributed by atoms with Gasteiger partial charge < -0.3 is 30.6 Å². The number of rotatable bonds is 17. The number of carbonyl (C=O) groups excluding carboxylic acids is 2. The lowest BCUT2D eigenvalue weighted by molar-refractivity contribution is -0.118. The number of nitrogens with one attached hydrogen (secondary N) is 3. The van der Waals surface area contributed by atoms with Gasteiger partial charge in [-0.1, -0.05) is 112 Å². The molecule has 1 aromatic rings. The number of piperidine rings is 1. The highest BCUT2D eigenvalue weighted by atomic mass is 19.1. The zero-order chi connectivity index (χ0) is 45.6. The molecule has 1 aromatic carbocycles. The van der Waals surface area contributed by atoms with E-state index in [0.717, 1.165) is 63.1 Å². The Morgan fingerprint density at radius 1 is 1.07 bits per heavy atom. The molecule has 1 aliphatic heterocycles. The van der Waals surface area contributed by atoms with Gasteiger partial charge in [0.15, 0.2) is 0 Å². The number of hydrogen-bond donors (Lipinski definition) is 3. The fraction of sp³-hybridized carbons (Fsp3) is 0.580. The highest BCUT2D eigenvalue weighted by Crippen LogP contribution is 2.29. The monoisotopic (exact) mass is 820 g/mol. The van der Waals surface area contributed by atoms with Crippen molar-refractivity contribution in [2.24, 2.45) is 11.8 Å². The number of allylic oxidation sites excluding steroid dienone is 6. The molecule has 3 N–H and O–H groups in total. The first-order chi connectivity index (χ1) is 27.9. The molecule has 1 aliphatic rings. The number of likely N-dealkylation sites (tertiary alicyclic amines) is 1. The van der Waals surface area contributed by atoms with Crippen molar-refractivity contribution in [1.29, 1.82) is 5.41 Å². The number of carbonyl (C=O) groups is 2. The molecule has 0 aliphatic carbocycles. The minimum absolute atomic E-state index is 0.168. The first-order valence-electron chi connectivity index (χ1n) is 21.5. The maximum atomic E-state index is 15.4. The second-order valence-corrected chi connectivity index (χ2v) is 16.2. The Hall–Kier alpha value is -4.26. The van der Waals surface area contributed by atoms with E-state index in [9.17, 15) is 9.59 Å². The highest BCUT2D eigenvalue weighted by Gasteiger charge is 2.20. The molecule has 1 atom stereocenters. The van der Waals surface area contributed by atoms with Gasteiger partial charge in [-0.2, -0.15) is 0 Å². The molecule has 1 unspecified atom stereocenters. The van der Waals surface area contributed by atoms with Crippen LogP contribution in [0.1, 0.15) is 138 Å². The van der Waals surface area contributed by atoms with Crippen LogP contribution in [0.15, 0.2) is 64.6 Å². The number of terminal acetylenes is 1. The normalized spacial score (nSPS) is 14.9. The Labute approximate surface area is 360 Å². The highest BCUT2D eigenvalue weighted by molar-refractivity contribution is 5.93. The number of halogens is 1. The van der Waals surface area contributed by atoms with E-state index < -0.39 is 5.82 Å². The summed E-state index contributed by atoms with van der Waals surface area (Å²) in [7, 11) is 4.94. The zero-order valence-electron chi connectivity index (χ0n) is 39.7. The molecule has 0 saturated carbocycles. The van der Waals surface area contributed by atoms with Crippen molar-refractivity contribution in [3.63, 3.8) is 0 Å². The Morgan fingerprint density at radius 3 is 2.12 bits per heavy atom. The van der Waals surface area contributed by atoms with Crippen molar-refractivity contribution in [2.45, 2.75) is 127 Å². The average molecular weight is 820 g/mol. The van der Waals surface area contributed by atoms with E-state index in [1.807, 2.05) is 39.8 Å². The number of methoxy groups -OCH3 is 1. The van der Waals surface area contributed by atoms with Gasteiger partial charge in [0.2, 0.25) is 6.41 Å². The van der Waals surface area contributed by atoms with Crippen molar-refractivity contribution in [3.05, 3.63) is 87.1 Å². The molecule has 1 fully saturated rings. The summed E-state index contributed by atoms with van der Waals surface area (Å²) in [6.45, 7) is 29.5. The largest absolute Gasteiger partial charge is 0.380 e. The van der Waals surface area contributed by atoms with E-state index >= 15 is 4.39 Å². The molecule has 8 nitrogen and oxygen atoms in total. The molecular formula is C50H82FN5O3. The predicted octanol–water partition coefficient (Wildman–Crippen LogP) is 10.9. The Bertz CT molecular complexity index is 1580. The third-order valence-corrected chi connectivity index (χ3v) is 9.55. The van der Waals surface area contributed by atoms with Crippen LogP contribution in [-0.2, 0) is 19.7 Å². The zero-order valence-corrected chi connectivity index (χ0v) is 39.7. The van der Waals surface area contributed by atoms with Gasteiger partial charge in [0.1, 0.15) is 11.5 Å². The van der Waals surface area contributed by atoms with Crippen LogP contribution in [0.4, 0.5) is 4.39 Å². The summed E-state index contributed by atoms with van der Waals surface area (Å²) in [5, 5.41) is 13.7. The van der Waals surface area contributed by atoms with Crippen molar-refractivity contribution >= 4 is 24.6 Å². The number of nitrogens with zero attached hydrogens (tertiary/aromatic N) is 2. The van der Waals surface area contributed by atoms with Crippen molar-refractivity contribution in [1.82, 2.24) is 20.4 Å². The van der Waals surface area contributed by atoms with E-state index in [1.54, 1.807) is 44.3 Å². The molecule has 0 spiro atoms. The summed E-state index contributed by atoms with van der Waals surface area (Å²) in [5.41, 5.74) is 5.17. The van der Waals surface area contributed by atoms with Gasteiger partial charge in [0, 0.05) is 50.8 Å². The first kappa shape index (κ1) is 56.8. The van der Waals surface area contributed by atoms with Gasteiger partial charge in [0.05, 0.1) is 6.61 Å². The maximum absolute atomic E-state index is 15.4. The summed E-state index contributed by atoms with van der Waals surface area (Å²) < 4.78 is 20.9. The molecular weight excluding hydrogens is 738 g/mol. The Morgan fingerprint density at radius 2 is 1.66 bits per heavy atom. The third kappa shape index (κ3) is 23.8. The number of likely N-dealkylation sites (N-methyl/N-ethyl adjacent to an activating group) is 1. The average Bonchev–Trinajstić information content (AvgIpc) is 3.21. The van der Waals surface area contributed by atoms with Crippen LogP contribution in [0.3, 0.4) is 0 Å². The Kier molecular flexibility index (Phi) is 31.4. The van der Waals surface area contributed by atoms with Crippen LogP contribution in [0.25, 0.3) is 6.08 Å². The number of ether oxygens (including phenoxy) is 1. The van der Waals surface area contributed by atoms with Crippen LogP contribution in [0, 0.1) is 35.4 Å². The fourth-order valence-corrected chi connectivity index (χ4v) is 5.84. The van der Waals surface area contributed by atoms with Crippen LogP contribution in [0.2, 0.25) is 0 Å². The minimum atomic E-state index is -0.420. The second kappa shape index (κ2) is 32.6. The molecule has 1 saturated heterocycles. The van der Waals surface area contributed by atoms with E-state index in [2.05, 4.69) is 82.9 Å². The molecule has 332 valence electrons. The Balaban J connectivity index is 0. The lowest BCUT2D eigenvalue weighted by Gasteiger charge is -2.31. The summed E-state index contributed by atoms with van der Waals surface area (Å²) in [6, 6.07) is 3.36. The molecule has 59 heavy (non-hydrogen) atoms. The SMILES string of the molecule is C#Cc1cc(C(C)(C)C)cc(F)c1/C=C(COC)/C(=C\C=N)C/C=C(/N/C(C)=C/C=C(\C)C1CCN(CC)CC1)C(=O)NC.CCC.CCC.CCC(C)CN(C)C=O. The lowest BCUT2D eigenvalue weighted by atomic mass is 9.84. The summed E-state index contributed by atoms with van der Waals surface area (Å²) in [6.07, 6.45) is 23.3. The number of amides is 2. The van der Waals surface area contributed by atoms with E-state index in [0.29, 0.717) is 46.2 Å². The standard InChI is InChI=1S/C37H51FN4O2.C7H15NO.2C3H8/c1-10-28-22-32(37(5,6)7)24-34(38)33(28)23-31(25-44-9)30(16-19-39)14-15-35(36(43)40-8)41-27(4)13-12-26(3)29-17-20-42(11-2)21-18-29;1-4-7(2)5-8(3)6-9;2*1-3-2/h1,12-13,15-16,19,22-24,29,39,41H,11,14,17-18,20-21,25H2,2-9H3,(H,40,43);6-7H,4-5H2,1-3H3;2*3H2,1-2H3/b26-12+,27-13+,30-16-,31-23+,35-15+,39-19?;;;. The van der Waals surface area contributed by atoms with Crippen LogP contribution in [-0.4, -0.2) is 82.3 Å². The number of hydrogen-bond acceptors (Lipinski definition) is 6. The van der Waals surface area contributed by atoms with Crippen LogP contribution in [0.5, 0.6) is 0 Å². The maximum Gasteiger partial charge on any atom is 0.267 e. The molecule has 2 amide bonds. The first-order valence-corrected chi connectivity index (χ1v) is 21.5. The van der Waals surface area contributed by atoms with Crippen LogP contribution >= 0.6 is 0 Å². The topological polar surface area (TPSA) is 97.8 Å². The summed E-state index contributed by atoms with van der Waals surface area (Å²) in [5.74, 6) is 3.14. The van der Waals surface area contributed by atoms with Gasteiger partial charge in [-0.05, 0) is 117 Å². The minimum Gasteiger partial charge on any atom is -0.380 e. The fourth-order valence-electron chi connectivity index (χ4n) is 5.84. The molecule has 0 bridgehead atoms. The molecule has 9 heteroatoms. The van der Waals surface area contributed by atoms with Gasteiger partial charge in [-0.3, -0.25) is 9.59 Å². The van der Waals surface area contributed by atoms with E-state index in [4.69, 9.17) is 16.6 Å². The smallest absolute Gasteiger partial charge is 0.267 e. The molecule has 0 radical (unpaired) electrons. The van der Waals surface area contributed by atoms with E-state index in [1.165, 1.54) is 30.7 Å². The van der Waals surface area contributed by atoms with Gasteiger partial charge in [-0.25, -0.2) is 4.39 Å². The molecule has 2 rings (SSSR count). The summed E-state index contributed by atoms with van der Waals surface area (Å²) >= 11 is 0. The van der Waals surface area contributed by atoms with Crippen LogP contribution < -0.4 is 10.6 Å². The van der Waals surface area contributed by atoms with Crippen molar-refractivity contribution < 1.29 is 18.7 Å². The summed E-state index contributed by atoms with van der Waals surface area (Å²) in [4.78, 5) is 27.1. The van der Waals surface area contributed by atoms with Gasteiger partial charge in [-0.15, -0.1) is 6.42 Å². The molecule has 1 heterocycles. The second-order valence-electron chi connectivity index (χ2n) is 16.2.